The molecule has 2 nitrogen and oxygen atoms in total. The van der Waals surface area contributed by atoms with Gasteiger partial charge in [0.25, 0.3) is 0 Å². The summed E-state index contributed by atoms with van der Waals surface area (Å²) in [6.45, 7) is 1.41. The SMILES string of the molecule is CN(C)CC1(CO)CC1.F. The smallest absolute Gasteiger partial charge is 0.0499 e. The maximum atomic E-state index is 8.88. The monoisotopic (exact) mass is 149 g/mol. The molecule has 0 aliphatic heterocycles. The second kappa shape index (κ2) is 3.30. The van der Waals surface area contributed by atoms with E-state index in [1.54, 1.807) is 0 Å². The number of hydrogen-bond acceptors (Lipinski definition) is 2. The molecule has 0 aromatic heterocycles. The van der Waals surface area contributed by atoms with Crippen molar-refractivity contribution in [2.24, 2.45) is 5.41 Å². The summed E-state index contributed by atoms with van der Waals surface area (Å²) in [5.41, 5.74) is 0.295. The van der Waals surface area contributed by atoms with Gasteiger partial charge in [0.1, 0.15) is 0 Å². The van der Waals surface area contributed by atoms with Gasteiger partial charge in [-0.15, -0.1) is 0 Å². The van der Waals surface area contributed by atoms with Crippen molar-refractivity contribution in [3.63, 3.8) is 0 Å². The van der Waals surface area contributed by atoms with E-state index in [0.717, 1.165) is 6.54 Å². The number of halogens is 1. The quantitative estimate of drug-likeness (QED) is 0.630. The predicted molar refractivity (Wildman–Crippen MR) is 39.8 cm³/mol. The van der Waals surface area contributed by atoms with Crippen LogP contribution in [-0.2, 0) is 0 Å². The van der Waals surface area contributed by atoms with Crippen LogP contribution in [0.1, 0.15) is 12.8 Å². The summed E-state index contributed by atoms with van der Waals surface area (Å²) in [5.74, 6) is 0. The summed E-state index contributed by atoms with van der Waals surface area (Å²) in [6, 6.07) is 0. The fourth-order valence-corrected chi connectivity index (χ4v) is 1.21. The summed E-state index contributed by atoms with van der Waals surface area (Å²) in [5, 5.41) is 8.88. The minimum absolute atomic E-state index is 0. The highest BCUT2D eigenvalue weighted by Crippen LogP contribution is 2.45. The molecule has 0 bridgehead atoms. The van der Waals surface area contributed by atoms with Gasteiger partial charge in [0.15, 0.2) is 0 Å². The van der Waals surface area contributed by atoms with Gasteiger partial charge in [-0.1, -0.05) is 0 Å². The van der Waals surface area contributed by atoms with E-state index in [-0.39, 0.29) is 4.70 Å². The average molecular weight is 149 g/mol. The van der Waals surface area contributed by atoms with Crippen molar-refractivity contribution in [1.29, 1.82) is 0 Å². The van der Waals surface area contributed by atoms with Crippen molar-refractivity contribution in [2.45, 2.75) is 12.8 Å². The van der Waals surface area contributed by atoms with Crippen molar-refractivity contribution >= 4 is 0 Å². The molecule has 1 aliphatic carbocycles. The third-order valence-corrected chi connectivity index (χ3v) is 1.94. The first-order valence-electron chi connectivity index (χ1n) is 3.44. The van der Waals surface area contributed by atoms with E-state index >= 15 is 0 Å². The van der Waals surface area contributed by atoms with Crippen LogP contribution in [0.2, 0.25) is 0 Å². The highest BCUT2D eigenvalue weighted by Gasteiger charge is 2.41. The Kier molecular flexibility index (Phi) is 3.25. The molecule has 1 rings (SSSR count). The van der Waals surface area contributed by atoms with Crippen LogP contribution in [0.4, 0.5) is 4.70 Å². The van der Waals surface area contributed by atoms with Gasteiger partial charge in [0.2, 0.25) is 0 Å². The molecule has 62 valence electrons. The summed E-state index contributed by atoms with van der Waals surface area (Å²) in [6.07, 6.45) is 2.42. The fourth-order valence-electron chi connectivity index (χ4n) is 1.21. The zero-order valence-corrected chi connectivity index (χ0v) is 6.63. The second-order valence-corrected chi connectivity index (χ2v) is 3.40. The molecule has 1 saturated carbocycles. The number of aliphatic hydroxyl groups excluding tert-OH is 1. The van der Waals surface area contributed by atoms with Crippen LogP contribution in [0, 0.1) is 5.41 Å². The summed E-state index contributed by atoms with van der Waals surface area (Å²) < 4.78 is 0. The maximum absolute atomic E-state index is 8.88. The second-order valence-electron chi connectivity index (χ2n) is 3.40. The Balaban J connectivity index is 0.000000810. The van der Waals surface area contributed by atoms with Gasteiger partial charge in [-0.3, -0.25) is 4.70 Å². The van der Waals surface area contributed by atoms with Crippen LogP contribution in [0.25, 0.3) is 0 Å². The maximum Gasteiger partial charge on any atom is 0.0499 e. The number of hydrogen-bond donors (Lipinski definition) is 1. The third-order valence-electron chi connectivity index (χ3n) is 1.94. The van der Waals surface area contributed by atoms with Crippen molar-refractivity contribution in [3.8, 4) is 0 Å². The number of aliphatic hydroxyl groups is 1. The molecule has 0 saturated heterocycles. The lowest BCUT2D eigenvalue weighted by Gasteiger charge is -2.16. The Labute approximate surface area is 61.2 Å². The molecule has 0 unspecified atom stereocenters. The minimum Gasteiger partial charge on any atom is -0.396 e. The minimum atomic E-state index is 0. The zero-order valence-electron chi connectivity index (χ0n) is 6.63. The first kappa shape index (κ1) is 9.85. The Bertz CT molecular complexity index is 102. The van der Waals surface area contributed by atoms with Gasteiger partial charge < -0.3 is 10.0 Å². The molecule has 10 heavy (non-hydrogen) atoms. The highest BCUT2D eigenvalue weighted by atomic mass is 19.0. The molecule has 0 aromatic rings. The molecule has 0 aromatic carbocycles. The van der Waals surface area contributed by atoms with Gasteiger partial charge in [-0.05, 0) is 26.9 Å². The van der Waals surface area contributed by atoms with Gasteiger partial charge in [-0.25, -0.2) is 0 Å². The van der Waals surface area contributed by atoms with E-state index in [9.17, 15) is 0 Å². The highest BCUT2D eigenvalue weighted by molar-refractivity contribution is 4.93. The fraction of sp³-hybridized carbons (Fsp3) is 1.00. The van der Waals surface area contributed by atoms with Gasteiger partial charge in [-0.2, -0.15) is 0 Å². The van der Waals surface area contributed by atoms with Gasteiger partial charge in [0, 0.05) is 18.6 Å². The molecule has 3 heteroatoms. The average Bonchev–Trinajstić information content (AvgIpc) is 2.48. The number of rotatable bonds is 3. The van der Waals surface area contributed by atoms with Gasteiger partial charge in [0.05, 0.1) is 0 Å². The van der Waals surface area contributed by atoms with E-state index in [1.165, 1.54) is 12.8 Å². The lowest BCUT2D eigenvalue weighted by atomic mass is 10.1. The van der Waals surface area contributed by atoms with Crippen molar-refractivity contribution in [3.05, 3.63) is 0 Å². The standard InChI is InChI=1S/C7H15NO.FH/c1-8(2)5-7(6-9)3-4-7;/h9H,3-6H2,1-2H3;1H. The van der Waals surface area contributed by atoms with E-state index in [0.29, 0.717) is 12.0 Å². The Morgan fingerprint density at radius 1 is 1.40 bits per heavy atom. The molecule has 1 fully saturated rings. The normalized spacial score (nSPS) is 20.4. The van der Waals surface area contributed by atoms with Crippen LogP contribution in [0.3, 0.4) is 0 Å². The van der Waals surface area contributed by atoms with Crippen molar-refractivity contribution in [2.75, 3.05) is 27.2 Å². The summed E-state index contributed by atoms with van der Waals surface area (Å²) in [7, 11) is 4.10. The predicted octanol–water partition coefficient (Wildman–Crippen LogP) is 0.473. The van der Waals surface area contributed by atoms with Crippen molar-refractivity contribution < 1.29 is 9.81 Å². The molecule has 0 radical (unpaired) electrons. The third kappa shape index (κ3) is 2.23. The lowest BCUT2D eigenvalue weighted by molar-refractivity contribution is 0.176. The molecule has 0 spiro atoms. The molecule has 0 amide bonds. The molecule has 0 atom stereocenters. The van der Waals surface area contributed by atoms with E-state index in [1.807, 2.05) is 0 Å². The molecular weight excluding hydrogens is 133 g/mol. The van der Waals surface area contributed by atoms with Crippen molar-refractivity contribution in [1.82, 2.24) is 4.90 Å². The van der Waals surface area contributed by atoms with Crippen LogP contribution in [0.5, 0.6) is 0 Å². The largest absolute Gasteiger partial charge is 0.396 e. The first-order chi connectivity index (χ1) is 4.18. The summed E-state index contributed by atoms with van der Waals surface area (Å²) >= 11 is 0. The zero-order chi connectivity index (χ0) is 6.91. The van der Waals surface area contributed by atoms with E-state index < -0.39 is 0 Å². The Morgan fingerprint density at radius 3 is 2.00 bits per heavy atom. The number of nitrogens with zero attached hydrogens (tertiary/aromatic N) is 1. The van der Waals surface area contributed by atoms with Crippen LogP contribution >= 0.6 is 0 Å². The van der Waals surface area contributed by atoms with E-state index in [4.69, 9.17) is 5.11 Å². The van der Waals surface area contributed by atoms with Crippen LogP contribution in [-0.4, -0.2) is 37.3 Å². The summed E-state index contributed by atoms with van der Waals surface area (Å²) in [4.78, 5) is 2.14. The van der Waals surface area contributed by atoms with Crippen LogP contribution in [0.15, 0.2) is 0 Å². The lowest BCUT2D eigenvalue weighted by Crippen LogP contribution is -2.25. The topological polar surface area (TPSA) is 23.5 Å². The van der Waals surface area contributed by atoms with Gasteiger partial charge >= 0.3 is 0 Å². The molecule has 1 N–H and O–H groups in total. The first-order valence-corrected chi connectivity index (χ1v) is 3.44. The van der Waals surface area contributed by atoms with E-state index in [2.05, 4.69) is 19.0 Å². The molecular formula is C7H16FNO. The molecule has 1 aliphatic rings. The molecule has 0 heterocycles. The Hall–Kier alpha value is -0.150. The van der Waals surface area contributed by atoms with Crippen LogP contribution < -0.4 is 0 Å². The Morgan fingerprint density at radius 2 is 1.90 bits per heavy atom.